The van der Waals surface area contributed by atoms with Crippen molar-refractivity contribution in [2.45, 2.75) is 25.7 Å². The van der Waals surface area contributed by atoms with Gasteiger partial charge in [-0.3, -0.25) is 0 Å². The molecule has 2 unspecified atom stereocenters. The first-order valence-corrected chi connectivity index (χ1v) is 6.81. The van der Waals surface area contributed by atoms with Gasteiger partial charge in [0.1, 0.15) is 9.84 Å². The van der Waals surface area contributed by atoms with Crippen LogP contribution in [0.1, 0.15) is 25.7 Å². The zero-order valence-electron chi connectivity index (χ0n) is 7.83. The zero-order valence-corrected chi connectivity index (χ0v) is 8.65. The normalized spacial score (nSPS) is 43.0. The van der Waals surface area contributed by atoms with Crippen LogP contribution in [0.25, 0.3) is 0 Å². The standard InChI is InChI=1S/C9H17NO2S/c10-7-8-6-9(8)2-1-4-13(11,12)5-3-9/h8H,1-7,10H2. The van der Waals surface area contributed by atoms with E-state index in [1.807, 2.05) is 0 Å². The molecule has 0 aromatic carbocycles. The van der Waals surface area contributed by atoms with E-state index < -0.39 is 9.84 Å². The van der Waals surface area contributed by atoms with Gasteiger partial charge in [-0.25, -0.2) is 8.42 Å². The summed E-state index contributed by atoms with van der Waals surface area (Å²) in [6.45, 7) is 0.736. The van der Waals surface area contributed by atoms with Crippen molar-refractivity contribution in [2.75, 3.05) is 18.1 Å². The van der Waals surface area contributed by atoms with Gasteiger partial charge in [-0.15, -0.1) is 0 Å². The molecule has 1 heterocycles. The van der Waals surface area contributed by atoms with Gasteiger partial charge in [0.05, 0.1) is 11.5 Å². The summed E-state index contributed by atoms with van der Waals surface area (Å²) >= 11 is 0. The molecule has 2 aliphatic rings. The monoisotopic (exact) mass is 203 g/mol. The smallest absolute Gasteiger partial charge is 0.150 e. The molecule has 1 saturated carbocycles. The highest BCUT2D eigenvalue weighted by Crippen LogP contribution is 2.58. The van der Waals surface area contributed by atoms with E-state index in [0.717, 1.165) is 25.8 Å². The molecule has 1 aliphatic carbocycles. The maximum absolute atomic E-state index is 11.3. The van der Waals surface area contributed by atoms with E-state index in [9.17, 15) is 8.42 Å². The summed E-state index contributed by atoms with van der Waals surface area (Å²) in [4.78, 5) is 0. The van der Waals surface area contributed by atoms with Crippen LogP contribution in [0.3, 0.4) is 0 Å². The molecule has 1 spiro atoms. The lowest BCUT2D eigenvalue weighted by atomic mass is 9.94. The van der Waals surface area contributed by atoms with E-state index in [0.29, 0.717) is 22.8 Å². The topological polar surface area (TPSA) is 60.2 Å². The van der Waals surface area contributed by atoms with Crippen LogP contribution in [0, 0.1) is 11.3 Å². The van der Waals surface area contributed by atoms with Gasteiger partial charge in [0.25, 0.3) is 0 Å². The minimum absolute atomic E-state index is 0.332. The largest absolute Gasteiger partial charge is 0.330 e. The molecule has 2 rings (SSSR count). The summed E-state index contributed by atoms with van der Waals surface area (Å²) in [5.74, 6) is 1.40. The van der Waals surface area contributed by atoms with Crippen molar-refractivity contribution in [1.29, 1.82) is 0 Å². The fourth-order valence-electron chi connectivity index (χ4n) is 2.61. The fraction of sp³-hybridized carbons (Fsp3) is 1.00. The number of sulfone groups is 1. The summed E-state index contributed by atoms with van der Waals surface area (Å²) in [5.41, 5.74) is 5.94. The van der Waals surface area contributed by atoms with Gasteiger partial charge in [0, 0.05) is 0 Å². The van der Waals surface area contributed by atoms with E-state index in [1.165, 1.54) is 6.42 Å². The molecule has 0 radical (unpaired) electrons. The molecule has 2 fully saturated rings. The Morgan fingerprint density at radius 2 is 2.08 bits per heavy atom. The minimum Gasteiger partial charge on any atom is -0.330 e. The highest BCUT2D eigenvalue weighted by Gasteiger charge is 2.53. The first-order valence-electron chi connectivity index (χ1n) is 4.98. The Bertz CT molecular complexity index is 299. The third-order valence-corrected chi connectivity index (χ3v) is 5.42. The molecule has 0 aromatic heterocycles. The van der Waals surface area contributed by atoms with Crippen LogP contribution in [-0.4, -0.2) is 26.5 Å². The Morgan fingerprint density at radius 3 is 2.69 bits per heavy atom. The second-order valence-electron chi connectivity index (χ2n) is 4.50. The van der Waals surface area contributed by atoms with Crippen molar-refractivity contribution < 1.29 is 8.42 Å². The van der Waals surface area contributed by atoms with E-state index in [4.69, 9.17) is 5.73 Å². The quantitative estimate of drug-likeness (QED) is 0.677. The minimum atomic E-state index is -2.72. The second kappa shape index (κ2) is 2.95. The van der Waals surface area contributed by atoms with Crippen molar-refractivity contribution in [3.05, 3.63) is 0 Å². The molecule has 1 saturated heterocycles. The Labute approximate surface area is 79.6 Å². The van der Waals surface area contributed by atoms with Gasteiger partial charge < -0.3 is 5.73 Å². The van der Waals surface area contributed by atoms with Crippen LogP contribution in [0.15, 0.2) is 0 Å². The average molecular weight is 203 g/mol. The maximum Gasteiger partial charge on any atom is 0.150 e. The molecule has 2 atom stereocenters. The first-order chi connectivity index (χ1) is 6.08. The number of nitrogens with two attached hydrogens (primary N) is 1. The molecule has 2 N–H and O–H groups in total. The molecule has 0 amide bonds. The van der Waals surface area contributed by atoms with Gasteiger partial charge in [-0.05, 0) is 43.6 Å². The van der Waals surface area contributed by atoms with Gasteiger partial charge >= 0.3 is 0 Å². The lowest BCUT2D eigenvalue weighted by Gasteiger charge is -2.11. The van der Waals surface area contributed by atoms with Crippen LogP contribution < -0.4 is 5.73 Å². The summed E-state index contributed by atoms with van der Waals surface area (Å²) in [5, 5.41) is 0. The Kier molecular flexibility index (Phi) is 2.15. The first kappa shape index (κ1) is 9.46. The molecule has 13 heavy (non-hydrogen) atoms. The summed E-state index contributed by atoms with van der Waals surface area (Å²) in [6.07, 6.45) is 3.95. The molecule has 0 aromatic rings. The molecule has 3 nitrogen and oxygen atoms in total. The van der Waals surface area contributed by atoms with Gasteiger partial charge in [-0.2, -0.15) is 0 Å². The molecule has 1 aliphatic heterocycles. The maximum atomic E-state index is 11.3. The van der Waals surface area contributed by atoms with Crippen LogP contribution in [0.5, 0.6) is 0 Å². The van der Waals surface area contributed by atoms with E-state index in [2.05, 4.69) is 0 Å². The number of hydrogen-bond donors (Lipinski definition) is 1. The number of hydrogen-bond acceptors (Lipinski definition) is 3. The van der Waals surface area contributed by atoms with Crippen LogP contribution in [-0.2, 0) is 9.84 Å². The summed E-state index contributed by atoms with van der Waals surface area (Å²) in [7, 11) is -2.72. The Balaban J connectivity index is 2.04. The Morgan fingerprint density at radius 1 is 1.31 bits per heavy atom. The third-order valence-electron chi connectivity index (χ3n) is 3.68. The summed E-state index contributed by atoms with van der Waals surface area (Å²) in [6, 6.07) is 0. The molecule has 4 heteroatoms. The SMILES string of the molecule is NCC1CC12CCCS(=O)(=O)CC2. The van der Waals surface area contributed by atoms with Crippen LogP contribution in [0.4, 0.5) is 0 Å². The lowest BCUT2D eigenvalue weighted by Crippen LogP contribution is -2.13. The molecule has 76 valence electrons. The average Bonchev–Trinajstić information content (AvgIpc) is 2.78. The van der Waals surface area contributed by atoms with E-state index in [1.54, 1.807) is 0 Å². The molecular formula is C9H17NO2S. The predicted octanol–water partition coefficient (Wildman–Crippen LogP) is 0.550. The third kappa shape index (κ3) is 1.74. The molecule has 0 bridgehead atoms. The number of rotatable bonds is 1. The fourth-order valence-corrected chi connectivity index (χ4v) is 4.11. The molecular weight excluding hydrogens is 186 g/mol. The van der Waals surface area contributed by atoms with Crippen LogP contribution in [0.2, 0.25) is 0 Å². The van der Waals surface area contributed by atoms with Crippen molar-refractivity contribution in [3.63, 3.8) is 0 Å². The van der Waals surface area contributed by atoms with Crippen molar-refractivity contribution in [3.8, 4) is 0 Å². The predicted molar refractivity (Wildman–Crippen MR) is 52.1 cm³/mol. The van der Waals surface area contributed by atoms with Crippen molar-refractivity contribution in [2.24, 2.45) is 17.1 Å². The highest BCUT2D eigenvalue weighted by atomic mass is 32.2. The Hall–Kier alpha value is -0.0900. The van der Waals surface area contributed by atoms with Gasteiger partial charge in [0.15, 0.2) is 0 Å². The summed E-state index contributed by atoms with van der Waals surface area (Å²) < 4.78 is 22.7. The van der Waals surface area contributed by atoms with Gasteiger partial charge in [-0.1, -0.05) is 0 Å². The van der Waals surface area contributed by atoms with E-state index in [-0.39, 0.29) is 0 Å². The van der Waals surface area contributed by atoms with E-state index >= 15 is 0 Å². The lowest BCUT2D eigenvalue weighted by molar-refractivity contribution is 0.410. The van der Waals surface area contributed by atoms with Crippen LogP contribution >= 0.6 is 0 Å². The van der Waals surface area contributed by atoms with Crippen molar-refractivity contribution >= 4 is 9.84 Å². The highest BCUT2D eigenvalue weighted by molar-refractivity contribution is 7.91. The second-order valence-corrected chi connectivity index (χ2v) is 6.81. The van der Waals surface area contributed by atoms with Gasteiger partial charge in [0.2, 0.25) is 0 Å². The zero-order chi connectivity index (χ0) is 9.53. The van der Waals surface area contributed by atoms with Crippen molar-refractivity contribution in [1.82, 2.24) is 0 Å².